The van der Waals surface area contributed by atoms with Gasteiger partial charge in [-0.2, -0.15) is 13.2 Å². The Morgan fingerprint density at radius 3 is 2.57 bits per heavy atom. The third-order valence-electron chi connectivity index (χ3n) is 7.68. The molecule has 16 heteroatoms. The quantitative estimate of drug-likeness (QED) is 0.237. The van der Waals surface area contributed by atoms with Gasteiger partial charge in [-0.15, -0.1) is 0 Å². The van der Waals surface area contributed by atoms with E-state index in [4.69, 9.17) is 9.47 Å². The van der Waals surface area contributed by atoms with E-state index >= 15 is 4.39 Å². The molecular weight excluding hydrogens is 616 g/mol. The van der Waals surface area contributed by atoms with E-state index in [1.165, 1.54) is 61.4 Å². The number of nitrogens with one attached hydrogen (secondary N) is 1. The van der Waals surface area contributed by atoms with Crippen LogP contribution >= 0.6 is 0 Å². The second-order valence-electron chi connectivity index (χ2n) is 10.6. The average molecular weight is 645 g/mol. The Balaban J connectivity index is 1.38. The van der Waals surface area contributed by atoms with Crippen LogP contribution in [0.4, 0.5) is 23.2 Å². The summed E-state index contributed by atoms with van der Waals surface area (Å²) in [6, 6.07) is 3.16. The predicted molar refractivity (Wildman–Crippen MR) is 156 cm³/mol. The largest absolute Gasteiger partial charge is 0.467 e. The maximum absolute atomic E-state index is 15.3. The molecule has 46 heavy (non-hydrogen) atoms. The molecule has 4 heterocycles. The summed E-state index contributed by atoms with van der Waals surface area (Å²) in [6.45, 7) is 0.633. The van der Waals surface area contributed by atoms with Gasteiger partial charge in [0.25, 0.3) is 11.5 Å². The van der Waals surface area contributed by atoms with Crippen LogP contribution in [0.2, 0.25) is 0 Å². The van der Waals surface area contributed by atoms with Gasteiger partial charge >= 0.3 is 17.8 Å². The maximum atomic E-state index is 15.3. The van der Waals surface area contributed by atoms with Crippen molar-refractivity contribution in [3.05, 3.63) is 92.4 Å². The van der Waals surface area contributed by atoms with Gasteiger partial charge in [0.1, 0.15) is 17.9 Å². The molecule has 242 valence electrons. The zero-order chi connectivity index (χ0) is 33.3. The lowest BCUT2D eigenvalue weighted by molar-refractivity contribution is -0.167. The highest BCUT2D eigenvalue weighted by Crippen LogP contribution is 2.33. The van der Waals surface area contributed by atoms with Crippen molar-refractivity contribution in [2.24, 2.45) is 7.05 Å². The molecule has 0 aliphatic carbocycles. The third kappa shape index (κ3) is 6.20. The number of pyridine rings is 2. The Kier molecular flexibility index (Phi) is 8.92. The van der Waals surface area contributed by atoms with E-state index in [9.17, 15) is 32.3 Å². The molecule has 3 aromatic heterocycles. The first-order chi connectivity index (χ1) is 21.8. The highest BCUT2D eigenvalue weighted by molar-refractivity contribution is 5.98. The van der Waals surface area contributed by atoms with Gasteiger partial charge in [-0.25, -0.2) is 18.5 Å². The van der Waals surface area contributed by atoms with Crippen LogP contribution in [-0.4, -0.2) is 76.1 Å². The van der Waals surface area contributed by atoms with Crippen molar-refractivity contribution in [2.45, 2.75) is 31.6 Å². The average Bonchev–Trinajstić information content (AvgIpc) is 3.03. The minimum Gasteiger partial charge on any atom is -0.467 e. The van der Waals surface area contributed by atoms with Gasteiger partial charge in [-0.3, -0.25) is 24.1 Å². The number of halogens is 4. The van der Waals surface area contributed by atoms with Crippen LogP contribution in [0.3, 0.4) is 0 Å². The molecule has 1 aromatic carbocycles. The summed E-state index contributed by atoms with van der Waals surface area (Å²) in [6.07, 6.45) is -0.756. The van der Waals surface area contributed by atoms with Gasteiger partial charge in [0.05, 0.1) is 54.9 Å². The number of hydrogen-bond acceptors (Lipinski definition) is 9. The fourth-order valence-corrected chi connectivity index (χ4v) is 5.33. The monoisotopic (exact) mass is 644 g/mol. The standard InChI is InChI=1S/C30H28F4N6O6/c1-16-10-19(39-8-9-46-15-24(39)30(32,33)34)12-21(31)25(16)26(41)37-22(28(43)45-3)11-17-4-5-18(13-36-17)40-27(42)20-6-7-35-14-23(20)38(2)29(40)44/h4-7,10,12-14,22,24H,8-9,11,15H2,1-3H3,(H,37,41)/t22-,24+/m0/s1. The Labute approximate surface area is 258 Å². The molecule has 1 aliphatic heterocycles. The van der Waals surface area contributed by atoms with Crippen LogP contribution < -0.4 is 21.5 Å². The molecular formula is C30H28F4N6O6. The predicted octanol–water partition coefficient (Wildman–Crippen LogP) is 2.21. The summed E-state index contributed by atoms with van der Waals surface area (Å²) < 4.78 is 68.0. The van der Waals surface area contributed by atoms with Crippen molar-refractivity contribution < 1.29 is 36.6 Å². The zero-order valence-corrected chi connectivity index (χ0v) is 24.8. The first kappa shape index (κ1) is 32.3. The number of esters is 1. The topological polar surface area (TPSA) is 138 Å². The van der Waals surface area contributed by atoms with E-state index in [1.807, 2.05) is 0 Å². The summed E-state index contributed by atoms with van der Waals surface area (Å²) in [5.41, 5.74) is -0.939. The first-order valence-electron chi connectivity index (χ1n) is 13.9. The molecule has 0 radical (unpaired) electrons. The minimum atomic E-state index is -4.63. The van der Waals surface area contributed by atoms with E-state index in [0.29, 0.717) is 5.52 Å². The molecule has 1 aliphatic rings. The lowest BCUT2D eigenvalue weighted by Gasteiger charge is -2.38. The third-order valence-corrected chi connectivity index (χ3v) is 7.68. The fourth-order valence-electron chi connectivity index (χ4n) is 5.33. The van der Waals surface area contributed by atoms with Gasteiger partial charge < -0.3 is 19.7 Å². The number of amides is 1. The van der Waals surface area contributed by atoms with E-state index < -0.39 is 59.4 Å². The van der Waals surface area contributed by atoms with Crippen molar-refractivity contribution in [1.29, 1.82) is 0 Å². The highest BCUT2D eigenvalue weighted by atomic mass is 19.4. The number of morpholine rings is 1. The Bertz CT molecular complexity index is 1900. The number of aromatic nitrogens is 4. The molecule has 0 spiro atoms. The molecule has 1 fully saturated rings. The number of hydrogen-bond donors (Lipinski definition) is 1. The molecule has 0 bridgehead atoms. The smallest absolute Gasteiger partial charge is 0.411 e. The summed E-state index contributed by atoms with van der Waals surface area (Å²) in [5, 5.41) is 2.68. The van der Waals surface area contributed by atoms with E-state index in [2.05, 4.69) is 15.3 Å². The number of carbonyl (C=O) groups is 2. The van der Waals surface area contributed by atoms with Gasteiger partial charge in [-0.05, 0) is 42.8 Å². The van der Waals surface area contributed by atoms with Crippen LogP contribution in [0.25, 0.3) is 16.6 Å². The van der Waals surface area contributed by atoms with Crippen molar-refractivity contribution in [2.75, 3.05) is 31.8 Å². The van der Waals surface area contributed by atoms with Crippen LogP contribution in [-0.2, 0) is 27.7 Å². The van der Waals surface area contributed by atoms with E-state index in [-0.39, 0.29) is 47.6 Å². The van der Waals surface area contributed by atoms with E-state index in [1.54, 1.807) is 0 Å². The summed E-state index contributed by atoms with van der Waals surface area (Å²) in [4.78, 5) is 61.0. The molecule has 1 amide bonds. The number of nitrogens with zero attached hydrogens (tertiary/aromatic N) is 5. The lowest BCUT2D eigenvalue weighted by atomic mass is 10.0. The molecule has 1 N–H and O–H groups in total. The number of rotatable bonds is 7. The molecule has 1 saturated heterocycles. The minimum absolute atomic E-state index is 0.0126. The number of carbonyl (C=O) groups excluding carboxylic acids is 2. The van der Waals surface area contributed by atoms with Crippen molar-refractivity contribution in [3.63, 3.8) is 0 Å². The molecule has 12 nitrogen and oxygen atoms in total. The van der Waals surface area contributed by atoms with Crippen LogP contribution in [0, 0.1) is 12.7 Å². The molecule has 4 aromatic rings. The number of fused-ring (bicyclic) bond motifs is 1. The number of alkyl halides is 3. The van der Waals surface area contributed by atoms with Gasteiger partial charge in [0.15, 0.2) is 0 Å². The van der Waals surface area contributed by atoms with Crippen LogP contribution in [0.5, 0.6) is 0 Å². The Hall–Kier alpha value is -5.12. The fraction of sp³-hybridized carbons (Fsp3) is 0.333. The molecule has 0 unspecified atom stereocenters. The molecule has 5 rings (SSSR count). The molecule has 2 atom stereocenters. The van der Waals surface area contributed by atoms with E-state index in [0.717, 1.165) is 22.6 Å². The van der Waals surface area contributed by atoms with Gasteiger partial charge in [0, 0.05) is 37.6 Å². The SMILES string of the molecule is COC(=O)[C@H](Cc1ccc(-n2c(=O)c3ccncc3n(C)c2=O)cn1)NC(=O)c1c(C)cc(N2CCOC[C@@H]2C(F)(F)F)cc1F. The second kappa shape index (κ2) is 12.7. The van der Waals surface area contributed by atoms with Crippen LogP contribution in [0.15, 0.2) is 58.5 Å². The zero-order valence-electron chi connectivity index (χ0n) is 24.8. The molecule has 0 saturated carbocycles. The number of ether oxygens (including phenoxy) is 2. The number of methoxy groups -OCH3 is 1. The van der Waals surface area contributed by atoms with Gasteiger partial charge in [0.2, 0.25) is 0 Å². The van der Waals surface area contributed by atoms with Gasteiger partial charge in [-0.1, -0.05) is 0 Å². The maximum Gasteiger partial charge on any atom is 0.411 e. The highest BCUT2D eigenvalue weighted by Gasteiger charge is 2.45. The Morgan fingerprint density at radius 1 is 1.15 bits per heavy atom. The van der Waals surface area contributed by atoms with Crippen molar-refractivity contribution in [1.82, 2.24) is 24.4 Å². The van der Waals surface area contributed by atoms with Crippen molar-refractivity contribution >= 4 is 28.5 Å². The normalized spacial score (nSPS) is 15.9. The summed E-state index contributed by atoms with van der Waals surface area (Å²) in [5.74, 6) is -2.95. The number of aryl methyl sites for hydroxylation is 2. The first-order valence-corrected chi connectivity index (χ1v) is 13.9. The Morgan fingerprint density at radius 2 is 1.91 bits per heavy atom. The number of anilines is 1. The second-order valence-corrected chi connectivity index (χ2v) is 10.6. The summed E-state index contributed by atoms with van der Waals surface area (Å²) in [7, 11) is 2.59. The summed E-state index contributed by atoms with van der Waals surface area (Å²) >= 11 is 0. The number of benzene rings is 1. The van der Waals surface area contributed by atoms with Crippen molar-refractivity contribution in [3.8, 4) is 5.69 Å². The van der Waals surface area contributed by atoms with Crippen LogP contribution in [0.1, 0.15) is 21.6 Å². The lowest BCUT2D eigenvalue weighted by Crippen LogP contribution is -2.53.